The predicted octanol–water partition coefficient (Wildman–Crippen LogP) is 1.67. The molecule has 0 aliphatic heterocycles. The fourth-order valence-corrected chi connectivity index (χ4v) is 1.93. The lowest BCUT2D eigenvalue weighted by atomic mass is 10.2. The molecule has 0 aliphatic carbocycles. The number of rotatable bonds is 4. The first-order valence-corrected chi connectivity index (χ1v) is 6.59. The number of hydrogen-bond donors (Lipinski definition) is 1. The first-order valence-electron chi connectivity index (χ1n) is 6.59. The highest BCUT2D eigenvalue weighted by Gasteiger charge is 2.17. The quantitative estimate of drug-likeness (QED) is 0.780. The van der Waals surface area contributed by atoms with Gasteiger partial charge in [0.25, 0.3) is 0 Å². The molecule has 0 spiro atoms. The van der Waals surface area contributed by atoms with Crippen LogP contribution < -0.4 is 5.32 Å². The van der Waals surface area contributed by atoms with Gasteiger partial charge in [0, 0.05) is 30.1 Å². The molecule has 0 fully saturated rings. The minimum atomic E-state index is -0.456. The van der Waals surface area contributed by atoms with Crippen molar-refractivity contribution >= 4 is 5.91 Å². The van der Waals surface area contributed by atoms with Gasteiger partial charge in [-0.05, 0) is 26.0 Å². The molecule has 3 rings (SSSR count). The number of hydrogen-bond acceptors (Lipinski definition) is 7. The van der Waals surface area contributed by atoms with Crippen molar-refractivity contribution in [2.75, 3.05) is 0 Å². The van der Waals surface area contributed by atoms with Crippen LogP contribution in [0.2, 0.25) is 0 Å². The summed E-state index contributed by atoms with van der Waals surface area (Å²) in [7, 11) is 0. The van der Waals surface area contributed by atoms with Crippen molar-refractivity contribution in [3.63, 3.8) is 0 Å². The van der Waals surface area contributed by atoms with Gasteiger partial charge in [-0.2, -0.15) is 4.98 Å². The molecule has 0 unspecified atom stereocenters. The van der Waals surface area contributed by atoms with Crippen LogP contribution >= 0.6 is 0 Å². The molecule has 0 saturated carbocycles. The normalized spacial score (nSPS) is 10.6. The number of carbonyl (C=O) groups is 1. The fourth-order valence-electron chi connectivity index (χ4n) is 1.93. The molecule has 1 amide bonds. The van der Waals surface area contributed by atoms with E-state index in [1.165, 1.54) is 0 Å². The van der Waals surface area contributed by atoms with Crippen molar-refractivity contribution < 1.29 is 13.8 Å². The molecule has 3 heterocycles. The number of pyridine rings is 1. The molecule has 0 aromatic carbocycles. The number of carbonyl (C=O) groups excluding carboxylic acids is 1. The molecule has 0 saturated heterocycles. The third-order valence-corrected chi connectivity index (χ3v) is 3.15. The lowest BCUT2D eigenvalue weighted by Gasteiger charge is -2.00. The Hall–Kier alpha value is -3.03. The predicted molar refractivity (Wildman–Crippen MR) is 74.7 cm³/mol. The Morgan fingerprint density at radius 3 is 2.82 bits per heavy atom. The molecule has 0 radical (unpaired) electrons. The van der Waals surface area contributed by atoms with E-state index in [0.29, 0.717) is 17.1 Å². The van der Waals surface area contributed by atoms with Gasteiger partial charge in [-0.25, -0.2) is 0 Å². The molecule has 0 bridgehead atoms. The second-order valence-corrected chi connectivity index (χ2v) is 4.65. The van der Waals surface area contributed by atoms with E-state index in [9.17, 15) is 4.79 Å². The maximum Gasteiger partial charge on any atom is 0.316 e. The van der Waals surface area contributed by atoms with Crippen molar-refractivity contribution in [2.24, 2.45) is 0 Å². The third-order valence-electron chi connectivity index (χ3n) is 3.15. The summed E-state index contributed by atoms with van der Waals surface area (Å²) in [6, 6.07) is 3.53. The summed E-state index contributed by atoms with van der Waals surface area (Å²) in [5.74, 6) is 0.420. The van der Waals surface area contributed by atoms with E-state index in [0.717, 1.165) is 11.3 Å². The van der Waals surface area contributed by atoms with Crippen LogP contribution in [-0.4, -0.2) is 26.2 Å². The second-order valence-electron chi connectivity index (χ2n) is 4.65. The Morgan fingerprint density at radius 1 is 1.27 bits per heavy atom. The summed E-state index contributed by atoms with van der Waals surface area (Å²) < 4.78 is 10.0. The molecular formula is C14H13N5O3. The molecular weight excluding hydrogens is 286 g/mol. The molecule has 3 aromatic heterocycles. The summed E-state index contributed by atoms with van der Waals surface area (Å²) in [6.07, 6.45) is 3.23. The zero-order valence-electron chi connectivity index (χ0n) is 12.0. The summed E-state index contributed by atoms with van der Waals surface area (Å²) in [6.45, 7) is 3.88. The van der Waals surface area contributed by atoms with Crippen molar-refractivity contribution in [1.82, 2.24) is 25.6 Å². The van der Waals surface area contributed by atoms with Crippen LogP contribution in [0.3, 0.4) is 0 Å². The van der Waals surface area contributed by atoms with Gasteiger partial charge in [0.2, 0.25) is 5.82 Å². The van der Waals surface area contributed by atoms with E-state index in [2.05, 4.69) is 25.6 Å². The van der Waals surface area contributed by atoms with Gasteiger partial charge >= 0.3 is 11.8 Å². The Balaban J connectivity index is 1.70. The second kappa shape index (κ2) is 5.76. The Bertz CT molecular complexity index is 774. The molecule has 8 heteroatoms. The van der Waals surface area contributed by atoms with Gasteiger partial charge in [-0.3, -0.25) is 9.78 Å². The standard InChI is InChI=1S/C14H13N5O3/c1-8-11(9(2)21-18-8)7-16-13(20)14-17-12(19-22-14)10-4-3-5-15-6-10/h3-6H,7H2,1-2H3,(H,16,20). The van der Waals surface area contributed by atoms with E-state index in [1.807, 2.05) is 6.92 Å². The number of nitrogens with zero attached hydrogens (tertiary/aromatic N) is 4. The molecule has 112 valence electrons. The maximum absolute atomic E-state index is 12.0. The number of aromatic nitrogens is 4. The zero-order chi connectivity index (χ0) is 15.5. The van der Waals surface area contributed by atoms with Crippen LogP contribution in [0.4, 0.5) is 0 Å². The van der Waals surface area contributed by atoms with Gasteiger partial charge in [-0.1, -0.05) is 10.3 Å². The lowest BCUT2D eigenvalue weighted by molar-refractivity contribution is 0.0907. The smallest absolute Gasteiger partial charge is 0.316 e. The van der Waals surface area contributed by atoms with Gasteiger partial charge in [-0.15, -0.1) is 0 Å². The Kier molecular flexibility index (Phi) is 3.65. The maximum atomic E-state index is 12.0. The minimum Gasteiger partial charge on any atom is -0.361 e. The van der Waals surface area contributed by atoms with Crippen molar-refractivity contribution in [3.8, 4) is 11.4 Å². The van der Waals surface area contributed by atoms with Gasteiger partial charge in [0.05, 0.1) is 5.69 Å². The van der Waals surface area contributed by atoms with Gasteiger partial charge in [0.15, 0.2) is 0 Å². The van der Waals surface area contributed by atoms with Crippen molar-refractivity contribution in [1.29, 1.82) is 0 Å². The van der Waals surface area contributed by atoms with Crippen LogP contribution in [-0.2, 0) is 6.54 Å². The summed E-state index contributed by atoms with van der Waals surface area (Å²) in [4.78, 5) is 20.1. The molecule has 8 nitrogen and oxygen atoms in total. The highest BCUT2D eigenvalue weighted by atomic mass is 16.5. The average Bonchev–Trinajstić information content (AvgIpc) is 3.14. The van der Waals surface area contributed by atoms with Crippen LogP contribution in [0, 0.1) is 13.8 Å². The fraction of sp³-hybridized carbons (Fsp3) is 0.214. The number of amides is 1. The Labute approximate surface area is 125 Å². The summed E-state index contributed by atoms with van der Waals surface area (Å²) in [5.41, 5.74) is 2.25. The largest absolute Gasteiger partial charge is 0.361 e. The van der Waals surface area contributed by atoms with Crippen molar-refractivity contribution in [3.05, 3.63) is 47.4 Å². The van der Waals surface area contributed by atoms with Crippen LogP contribution in [0.1, 0.15) is 27.7 Å². The van der Waals surface area contributed by atoms with E-state index >= 15 is 0 Å². The molecule has 22 heavy (non-hydrogen) atoms. The van der Waals surface area contributed by atoms with Crippen LogP contribution in [0.25, 0.3) is 11.4 Å². The average molecular weight is 299 g/mol. The highest BCUT2D eigenvalue weighted by molar-refractivity contribution is 5.89. The van der Waals surface area contributed by atoms with E-state index < -0.39 is 5.91 Å². The van der Waals surface area contributed by atoms with E-state index in [1.54, 1.807) is 31.5 Å². The molecule has 0 aliphatic rings. The van der Waals surface area contributed by atoms with Crippen LogP contribution in [0.5, 0.6) is 0 Å². The summed E-state index contributed by atoms with van der Waals surface area (Å²) >= 11 is 0. The highest BCUT2D eigenvalue weighted by Crippen LogP contribution is 2.14. The SMILES string of the molecule is Cc1noc(C)c1CNC(=O)c1nc(-c2cccnc2)no1. The van der Waals surface area contributed by atoms with Crippen LogP contribution in [0.15, 0.2) is 33.6 Å². The summed E-state index contributed by atoms with van der Waals surface area (Å²) in [5, 5.41) is 10.3. The van der Waals surface area contributed by atoms with Gasteiger partial charge < -0.3 is 14.4 Å². The van der Waals surface area contributed by atoms with E-state index in [4.69, 9.17) is 9.05 Å². The zero-order valence-corrected chi connectivity index (χ0v) is 12.0. The number of aryl methyl sites for hydroxylation is 2. The minimum absolute atomic E-state index is 0.106. The topological polar surface area (TPSA) is 107 Å². The lowest BCUT2D eigenvalue weighted by Crippen LogP contribution is -2.23. The first-order chi connectivity index (χ1) is 10.6. The van der Waals surface area contributed by atoms with E-state index in [-0.39, 0.29) is 12.4 Å². The molecule has 1 N–H and O–H groups in total. The molecule has 3 aromatic rings. The first kappa shape index (κ1) is 13.9. The number of nitrogens with one attached hydrogen (secondary N) is 1. The van der Waals surface area contributed by atoms with Crippen molar-refractivity contribution in [2.45, 2.75) is 20.4 Å². The molecule has 0 atom stereocenters. The van der Waals surface area contributed by atoms with Gasteiger partial charge in [0.1, 0.15) is 5.76 Å². The monoisotopic (exact) mass is 299 g/mol. The third kappa shape index (κ3) is 2.71. The Morgan fingerprint density at radius 2 is 2.14 bits per heavy atom.